The van der Waals surface area contributed by atoms with Crippen LogP contribution < -0.4 is 0 Å². The molecule has 5 rings (SSSR count). The molecule has 0 aromatic carbocycles. The molecule has 0 aliphatic heterocycles. The first kappa shape index (κ1) is 32.6. The van der Waals surface area contributed by atoms with E-state index in [9.17, 15) is 24.8 Å². The Morgan fingerprint density at radius 1 is 1.18 bits per heavy atom. The number of nitrogens with zero attached hydrogens (tertiary/aromatic N) is 1. The molecule has 10 heteroatoms. The monoisotopic (exact) mass is 617 g/mol. The van der Waals surface area contributed by atoms with Crippen LogP contribution in [0.1, 0.15) is 80.1 Å². The summed E-state index contributed by atoms with van der Waals surface area (Å²) in [5.41, 5.74) is -7.37. The summed E-state index contributed by atoms with van der Waals surface area (Å²) in [6.07, 6.45) is 0.946. The Labute approximate surface area is 258 Å². The lowest BCUT2D eigenvalue weighted by atomic mass is 9.44. The average Bonchev–Trinajstić information content (AvgIpc) is 3.17. The molecule has 8 nitrogen and oxygen atoms in total. The molecule has 4 saturated carbocycles. The third kappa shape index (κ3) is 4.46. The van der Waals surface area contributed by atoms with Gasteiger partial charge in [-0.15, -0.1) is 0 Å². The number of aliphatic hydroxyl groups excluding tert-OH is 1. The molecule has 4 fully saturated rings. The van der Waals surface area contributed by atoms with Crippen LogP contribution >= 0.6 is 0 Å². The number of ketones is 1. The number of rotatable bonds is 5. The molecule has 0 heterocycles. The van der Waals surface area contributed by atoms with Gasteiger partial charge in [-0.2, -0.15) is 5.26 Å². The molecule has 242 valence electrons. The minimum absolute atomic E-state index is 0.00160. The smallest absolute Gasteiger partial charge is 0.447 e. The van der Waals surface area contributed by atoms with Gasteiger partial charge in [0.25, 0.3) is 0 Å². The summed E-state index contributed by atoms with van der Waals surface area (Å²) >= 11 is 0. The van der Waals surface area contributed by atoms with Crippen LogP contribution in [0.2, 0.25) is 0 Å². The molecule has 5 aliphatic carbocycles. The van der Waals surface area contributed by atoms with Crippen LogP contribution in [0, 0.1) is 57.7 Å². The number of hydrogen-bond acceptors (Lipinski definition) is 8. The number of carbonyl (C=O) groups excluding carboxylic acids is 3. The van der Waals surface area contributed by atoms with Crippen LogP contribution in [0.5, 0.6) is 0 Å². The summed E-state index contributed by atoms with van der Waals surface area (Å²) in [4.78, 5) is 39.7. The third-order valence-corrected chi connectivity index (χ3v) is 12.4. The van der Waals surface area contributed by atoms with Gasteiger partial charge in [-0.1, -0.05) is 40.7 Å². The SMILES string of the molecule is CC(C)[C@@H]1CCC[C@@H](OC(=O)O[C@]2(C(=O)OCC#N)[C@H](C)C[C@H]3[C@@H]4C[C@H](F)C5=CC(=O)C=C[C@]5(C)[C@@]4(F)[C@@H](O)C[C@@]32C)[C@@H]1C. The van der Waals surface area contributed by atoms with Crippen molar-refractivity contribution in [3.63, 3.8) is 0 Å². The lowest BCUT2D eigenvalue weighted by Gasteiger charge is -2.62. The van der Waals surface area contributed by atoms with Gasteiger partial charge in [0.05, 0.1) is 6.10 Å². The first-order valence-corrected chi connectivity index (χ1v) is 16.0. The molecule has 0 aromatic heterocycles. The Kier molecular flexibility index (Phi) is 8.31. The predicted octanol–water partition coefficient (Wildman–Crippen LogP) is 5.97. The fourth-order valence-corrected chi connectivity index (χ4v) is 10.2. The topological polar surface area (TPSA) is 123 Å². The van der Waals surface area contributed by atoms with Crippen LogP contribution in [-0.2, 0) is 23.8 Å². The van der Waals surface area contributed by atoms with E-state index in [0.717, 1.165) is 18.9 Å². The zero-order valence-electron chi connectivity index (χ0n) is 26.5. The number of fused-ring (bicyclic) bond motifs is 5. The van der Waals surface area contributed by atoms with Gasteiger partial charge < -0.3 is 19.3 Å². The largest absolute Gasteiger partial charge is 0.509 e. The summed E-state index contributed by atoms with van der Waals surface area (Å²) in [5, 5.41) is 20.9. The maximum absolute atomic E-state index is 17.6. The van der Waals surface area contributed by atoms with Gasteiger partial charge in [-0.05, 0) is 86.8 Å². The Morgan fingerprint density at radius 2 is 1.89 bits per heavy atom. The minimum atomic E-state index is -2.36. The quantitative estimate of drug-likeness (QED) is 0.375. The molecule has 0 unspecified atom stereocenters. The number of carbonyl (C=O) groups is 3. The van der Waals surface area contributed by atoms with E-state index in [4.69, 9.17) is 14.2 Å². The van der Waals surface area contributed by atoms with Gasteiger partial charge in [-0.25, -0.2) is 18.4 Å². The van der Waals surface area contributed by atoms with Crippen LogP contribution in [0.15, 0.2) is 23.8 Å². The maximum Gasteiger partial charge on any atom is 0.509 e. The first-order chi connectivity index (χ1) is 20.6. The van der Waals surface area contributed by atoms with Gasteiger partial charge >= 0.3 is 12.1 Å². The third-order valence-electron chi connectivity index (χ3n) is 12.4. The van der Waals surface area contributed by atoms with Gasteiger partial charge in [0, 0.05) is 22.7 Å². The fraction of sp³-hybridized carbons (Fsp3) is 0.765. The number of alkyl halides is 2. The number of allylic oxidation sites excluding steroid dienone is 4. The number of aliphatic hydroxyl groups is 1. The molecule has 0 saturated heterocycles. The van der Waals surface area contributed by atoms with Crippen molar-refractivity contribution in [2.45, 2.75) is 110 Å². The summed E-state index contributed by atoms with van der Waals surface area (Å²) in [6, 6.07) is 1.77. The highest BCUT2D eigenvalue weighted by molar-refractivity contribution is 6.01. The zero-order valence-corrected chi connectivity index (χ0v) is 26.5. The van der Waals surface area contributed by atoms with Gasteiger partial charge in [0.15, 0.2) is 18.1 Å². The number of esters is 1. The fourth-order valence-electron chi connectivity index (χ4n) is 10.2. The molecule has 1 N–H and O–H groups in total. The number of hydrogen-bond donors (Lipinski definition) is 1. The summed E-state index contributed by atoms with van der Waals surface area (Å²) in [5.74, 6) is -3.13. The molecule has 44 heavy (non-hydrogen) atoms. The van der Waals surface area contributed by atoms with Crippen molar-refractivity contribution >= 4 is 17.9 Å². The Balaban J connectivity index is 1.53. The van der Waals surface area contributed by atoms with Crippen LogP contribution in [0.25, 0.3) is 0 Å². The van der Waals surface area contributed by atoms with Crippen molar-refractivity contribution in [3.05, 3.63) is 23.8 Å². The standard InChI is InChI=1S/C34H45F2NO7/c1-18(2)22-8-7-9-27(20(22)4)43-30(41)44-34(29(40)42-13-12-37)19(3)14-23-24-16-26(35)25-15-21(38)10-11-31(25,5)33(24,36)28(39)17-32(23,34)6/h10-11,15,18-20,22-24,26-28,39H,7-9,13-14,16-17H2,1-6H3/t19-,20-,22+,23+,24+,26+,27-,28+,31+,32+,33+,34+/m1/s1. The van der Waals surface area contributed by atoms with E-state index in [0.29, 0.717) is 18.3 Å². The van der Waals surface area contributed by atoms with Crippen molar-refractivity contribution in [3.8, 4) is 6.07 Å². The lowest BCUT2D eigenvalue weighted by molar-refractivity contribution is -0.234. The van der Waals surface area contributed by atoms with Crippen molar-refractivity contribution in [1.82, 2.24) is 0 Å². The van der Waals surface area contributed by atoms with E-state index in [-0.39, 0.29) is 30.8 Å². The molecule has 0 spiro atoms. The molecule has 12 atom stereocenters. The Morgan fingerprint density at radius 3 is 2.55 bits per heavy atom. The number of nitriles is 1. The summed E-state index contributed by atoms with van der Waals surface area (Å²) in [6.45, 7) is 10.6. The maximum atomic E-state index is 17.6. The molecule has 0 radical (unpaired) electrons. The van der Waals surface area contributed by atoms with Crippen LogP contribution in [0.3, 0.4) is 0 Å². The second-order valence-electron chi connectivity index (χ2n) is 14.7. The van der Waals surface area contributed by atoms with Crippen molar-refractivity contribution in [1.29, 1.82) is 5.26 Å². The van der Waals surface area contributed by atoms with E-state index in [1.54, 1.807) is 19.9 Å². The molecule has 5 aliphatic rings. The predicted molar refractivity (Wildman–Crippen MR) is 155 cm³/mol. The van der Waals surface area contributed by atoms with Gasteiger partial charge in [0.2, 0.25) is 5.60 Å². The highest BCUT2D eigenvalue weighted by Gasteiger charge is 2.79. The second kappa shape index (κ2) is 11.2. The highest BCUT2D eigenvalue weighted by Crippen LogP contribution is 2.71. The Hall–Kier alpha value is -2.80. The zero-order chi connectivity index (χ0) is 32.4. The normalized spacial score (nSPS) is 46.2. The van der Waals surface area contributed by atoms with Crippen LogP contribution in [0.4, 0.5) is 13.6 Å². The van der Waals surface area contributed by atoms with E-state index in [1.165, 1.54) is 19.1 Å². The molecular formula is C34H45F2NO7. The minimum Gasteiger partial charge on any atom is -0.447 e. The van der Waals surface area contributed by atoms with E-state index in [1.807, 2.05) is 6.92 Å². The van der Waals surface area contributed by atoms with E-state index < -0.39 is 82.7 Å². The molecular weight excluding hydrogens is 572 g/mol. The average molecular weight is 618 g/mol. The van der Waals surface area contributed by atoms with Gasteiger partial charge in [-0.3, -0.25) is 4.79 Å². The van der Waals surface area contributed by atoms with Crippen LogP contribution in [-0.4, -0.2) is 59.3 Å². The molecule has 0 amide bonds. The lowest BCUT2D eigenvalue weighted by Crippen LogP contribution is -2.71. The van der Waals surface area contributed by atoms with Crippen molar-refractivity contribution < 1.29 is 42.5 Å². The second-order valence-corrected chi connectivity index (χ2v) is 14.7. The molecule has 0 aromatic rings. The van der Waals surface area contributed by atoms with Gasteiger partial charge in [0.1, 0.15) is 18.3 Å². The summed E-state index contributed by atoms with van der Waals surface area (Å²) in [7, 11) is 0. The van der Waals surface area contributed by atoms with E-state index in [2.05, 4.69) is 13.8 Å². The highest BCUT2D eigenvalue weighted by atomic mass is 19.1. The van der Waals surface area contributed by atoms with Crippen molar-refractivity contribution in [2.75, 3.05) is 6.61 Å². The molecule has 0 bridgehead atoms. The number of halogens is 2. The van der Waals surface area contributed by atoms with E-state index >= 15 is 8.78 Å². The number of ether oxygens (including phenoxy) is 3. The first-order valence-electron chi connectivity index (χ1n) is 16.0. The van der Waals surface area contributed by atoms with Crippen molar-refractivity contribution in [2.24, 2.45) is 46.3 Å². The Bertz CT molecular complexity index is 1310. The summed E-state index contributed by atoms with van der Waals surface area (Å²) < 4.78 is 50.8.